The molecular weight excluding hydrogens is 211 g/mol. The summed E-state index contributed by atoms with van der Waals surface area (Å²) in [4.78, 5) is 2.10. The molecule has 1 aromatic rings. The Kier molecular flexibility index (Phi) is 3.05. The molecule has 0 spiro atoms. The van der Waals surface area contributed by atoms with Crippen molar-refractivity contribution in [1.29, 1.82) is 0 Å². The van der Waals surface area contributed by atoms with Gasteiger partial charge >= 0.3 is 0 Å². The number of hydrogen-bond donors (Lipinski definition) is 1. The molecule has 1 atom stereocenters. The molecule has 0 amide bonds. The largest absolute Gasteiger partial charge is 0.397 e. The lowest BCUT2D eigenvalue weighted by atomic mass is 10.2. The number of nitrogen functional groups attached to an aromatic ring is 1. The third kappa shape index (κ3) is 2.20. The number of halogens is 1. The van der Waals surface area contributed by atoms with Gasteiger partial charge in [-0.2, -0.15) is 11.8 Å². The summed E-state index contributed by atoms with van der Waals surface area (Å²) < 4.78 is 13.1. The highest BCUT2D eigenvalue weighted by Crippen LogP contribution is 2.29. The third-order valence-electron chi connectivity index (χ3n) is 2.83. The predicted molar refractivity (Wildman–Crippen MR) is 64.9 cm³/mol. The highest BCUT2D eigenvalue weighted by molar-refractivity contribution is 7.99. The maximum atomic E-state index is 13.1. The van der Waals surface area contributed by atoms with Crippen LogP contribution in [0.15, 0.2) is 18.2 Å². The molecule has 2 nitrogen and oxygen atoms in total. The van der Waals surface area contributed by atoms with Gasteiger partial charge in [-0.05, 0) is 30.4 Å². The molecule has 1 saturated heterocycles. The van der Waals surface area contributed by atoms with Crippen LogP contribution in [0, 0.1) is 5.82 Å². The van der Waals surface area contributed by atoms with E-state index in [4.69, 9.17) is 5.73 Å². The lowest BCUT2D eigenvalue weighted by molar-refractivity contribution is 0.624. The molecule has 2 rings (SSSR count). The SMILES string of the molecule is CN(c1cc(F)ccc1N)C1CCSC1. The summed E-state index contributed by atoms with van der Waals surface area (Å²) >= 11 is 1.94. The minimum Gasteiger partial charge on any atom is -0.397 e. The van der Waals surface area contributed by atoms with Gasteiger partial charge in [-0.3, -0.25) is 0 Å². The van der Waals surface area contributed by atoms with Gasteiger partial charge in [0.15, 0.2) is 0 Å². The van der Waals surface area contributed by atoms with Gasteiger partial charge < -0.3 is 10.6 Å². The van der Waals surface area contributed by atoms with Crippen LogP contribution in [0.25, 0.3) is 0 Å². The average Bonchev–Trinajstić information content (AvgIpc) is 2.74. The van der Waals surface area contributed by atoms with Crippen molar-refractivity contribution in [3.05, 3.63) is 24.0 Å². The topological polar surface area (TPSA) is 29.3 Å². The van der Waals surface area contributed by atoms with E-state index >= 15 is 0 Å². The van der Waals surface area contributed by atoms with Gasteiger partial charge in [0.05, 0.1) is 11.4 Å². The highest BCUT2D eigenvalue weighted by Gasteiger charge is 2.21. The second kappa shape index (κ2) is 4.31. The van der Waals surface area contributed by atoms with Crippen molar-refractivity contribution in [2.75, 3.05) is 29.2 Å². The molecule has 0 aliphatic carbocycles. The Morgan fingerprint density at radius 2 is 2.33 bits per heavy atom. The van der Waals surface area contributed by atoms with E-state index in [1.165, 1.54) is 17.9 Å². The van der Waals surface area contributed by atoms with Gasteiger partial charge in [-0.1, -0.05) is 0 Å². The van der Waals surface area contributed by atoms with E-state index in [0.717, 1.165) is 17.9 Å². The highest BCUT2D eigenvalue weighted by atomic mass is 32.2. The number of hydrogen-bond acceptors (Lipinski definition) is 3. The smallest absolute Gasteiger partial charge is 0.125 e. The first-order valence-electron chi connectivity index (χ1n) is 5.04. The van der Waals surface area contributed by atoms with Crippen LogP contribution in [-0.4, -0.2) is 24.6 Å². The van der Waals surface area contributed by atoms with E-state index in [2.05, 4.69) is 4.90 Å². The molecule has 1 aliphatic heterocycles. The summed E-state index contributed by atoms with van der Waals surface area (Å²) in [6.45, 7) is 0. The minimum absolute atomic E-state index is 0.225. The zero-order valence-corrected chi connectivity index (χ0v) is 9.56. The van der Waals surface area contributed by atoms with Gasteiger partial charge in [0.1, 0.15) is 5.82 Å². The molecule has 1 heterocycles. The molecular formula is C11H15FN2S. The Balaban J connectivity index is 2.23. The first-order chi connectivity index (χ1) is 7.18. The van der Waals surface area contributed by atoms with Crippen molar-refractivity contribution in [3.8, 4) is 0 Å². The zero-order chi connectivity index (χ0) is 10.8. The van der Waals surface area contributed by atoms with E-state index < -0.39 is 0 Å². The van der Waals surface area contributed by atoms with Crippen LogP contribution in [-0.2, 0) is 0 Å². The molecule has 0 radical (unpaired) electrons. The Hall–Kier alpha value is -0.900. The van der Waals surface area contributed by atoms with Gasteiger partial charge in [0.2, 0.25) is 0 Å². The Labute approximate surface area is 93.6 Å². The molecule has 4 heteroatoms. The van der Waals surface area contributed by atoms with E-state index in [-0.39, 0.29) is 5.82 Å². The van der Waals surface area contributed by atoms with Crippen LogP contribution >= 0.6 is 11.8 Å². The summed E-state index contributed by atoms with van der Waals surface area (Å²) in [6.07, 6.45) is 1.15. The molecule has 1 fully saturated rings. The van der Waals surface area contributed by atoms with Crippen molar-refractivity contribution in [2.45, 2.75) is 12.5 Å². The third-order valence-corrected chi connectivity index (χ3v) is 3.97. The van der Waals surface area contributed by atoms with E-state index in [0.29, 0.717) is 11.7 Å². The molecule has 15 heavy (non-hydrogen) atoms. The van der Waals surface area contributed by atoms with E-state index in [9.17, 15) is 4.39 Å². The number of nitrogens with two attached hydrogens (primary N) is 1. The number of anilines is 2. The second-order valence-corrected chi connectivity index (χ2v) is 4.98. The van der Waals surface area contributed by atoms with Crippen LogP contribution in [0.4, 0.5) is 15.8 Å². The van der Waals surface area contributed by atoms with Crippen molar-refractivity contribution >= 4 is 23.1 Å². The standard InChI is InChI=1S/C11H15FN2S/c1-14(9-4-5-15-7-9)11-6-8(12)2-3-10(11)13/h2-3,6,9H,4-5,7,13H2,1H3. The van der Waals surface area contributed by atoms with Crippen LogP contribution in [0.5, 0.6) is 0 Å². The Morgan fingerprint density at radius 3 is 3.00 bits per heavy atom. The van der Waals surface area contributed by atoms with E-state index in [1.54, 1.807) is 6.07 Å². The summed E-state index contributed by atoms with van der Waals surface area (Å²) in [5.41, 5.74) is 7.30. The fourth-order valence-electron chi connectivity index (χ4n) is 1.85. The monoisotopic (exact) mass is 226 g/mol. The molecule has 0 aromatic heterocycles. The van der Waals surface area contributed by atoms with Gasteiger partial charge in [0.25, 0.3) is 0 Å². The predicted octanol–water partition coefficient (Wildman–Crippen LogP) is 2.35. The van der Waals surface area contributed by atoms with Crippen LogP contribution < -0.4 is 10.6 Å². The summed E-state index contributed by atoms with van der Waals surface area (Å²) in [5.74, 6) is 2.06. The zero-order valence-electron chi connectivity index (χ0n) is 8.74. The first-order valence-corrected chi connectivity index (χ1v) is 6.19. The average molecular weight is 226 g/mol. The van der Waals surface area contributed by atoms with Crippen molar-refractivity contribution in [3.63, 3.8) is 0 Å². The summed E-state index contributed by atoms with van der Waals surface area (Å²) in [5, 5.41) is 0. The molecule has 1 aliphatic rings. The number of nitrogens with zero attached hydrogens (tertiary/aromatic N) is 1. The number of benzene rings is 1. The lowest BCUT2D eigenvalue weighted by Crippen LogP contribution is -2.31. The molecule has 0 bridgehead atoms. The maximum Gasteiger partial charge on any atom is 0.125 e. The molecule has 1 unspecified atom stereocenters. The van der Waals surface area contributed by atoms with Crippen molar-refractivity contribution < 1.29 is 4.39 Å². The fourth-order valence-corrected chi connectivity index (χ4v) is 3.11. The molecule has 82 valence electrons. The number of rotatable bonds is 2. The molecule has 1 aromatic carbocycles. The summed E-state index contributed by atoms with van der Waals surface area (Å²) in [7, 11) is 1.99. The maximum absolute atomic E-state index is 13.1. The quantitative estimate of drug-likeness (QED) is 0.785. The lowest BCUT2D eigenvalue weighted by Gasteiger charge is -2.27. The van der Waals surface area contributed by atoms with Crippen LogP contribution in [0.2, 0.25) is 0 Å². The molecule has 2 N–H and O–H groups in total. The number of thioether (sulfide) groups is 1. The second-order valence-electron chi connectivity index (χ2n) is 3.83. The Morgan fingerprint density at radius 1 is 1.53 bits per heavy atom. The van der Waals surface area contributed by atoms with Crippen LogP contribution in [0.3, 0.4) is 0 Å². The van der Waals surface area contributed by atoms with Crippen LogP contribution in [0.1, 0.15) is 6.42 Å². The summed E-state index contributed by atoms with van der Waals surface area (Å²) in [6, 6.07) is 5.02. The van der Waals surface area contributed by atoms with Gasteiger partial charge in [0, 0.05) is 18.8 Å². The normalized spacial score (nSPS) is 20.5. The van der Waals surface area contributed by atoms with Crippen molar-refractivity contribution in [2.24, 2.45) is 0 Å². The minimum atomic E-state index is -0.225. The fraction of sp³-hybridized carbons (Fsp3) is 0.455. The van der Waals surface area contributed by atoms with Gasteiger partial charge in [-0.15, -0.1) is 0 Å². The Bertz CT molecular complexity index is 350. The van der Waals surface area contributed by atoms with Crippen molar-refractivity contribution in [1.82, 2.24) is 0 Å². The van der Waals surface area contributed by atoms with Gasteiger partial charge in [-0.25, -0.2) is 4.39 Å². The molecule has 0 saturated carbocycles. The first kappa shape index (κ1) is 10.6. The van der Waals surface area contributed by atoms with E-state index in [1.807, 2.05) is 18.8 Å².